The molecule has 0 saturated heterocycles. The number of aryl methyl sites for hydroxylation is 1. The lowest BCUT2D eigenvalue weighted by atomic mass is 9.92. The maximum atomic E-state index is 11.2. The first kappa shape index (κ1) is 14.8. The highest BCUT2D eigenvalue weighted by atomic mass is 79.9. The summed E-state index contributed by atoms with van der Waals surface area (Å²) in [7, 11) is 1.91. The second kappa shape index (κ2) is 6.74. The number of nitrogens with one attached hydrogen (secondary N) is 1. The first-order valence-electron chi connectivity index (χ1n) is 6.47. The smallest absolute Gasteiger partial charge is 0.220 e. The normalized spacial score (nSPS) is 18.2. The molecule has 1 aliphatic rings. The van der Waals surface area contributed by atoms with E-state index in [-0.39, 0.29) is 11.8 Å². The number of carbonyl (C=O) groups excluding carboxylic acids is 1. The van der Waals surface area contributed by atoms with Crippen LogP contribution in [0, 0.1) is 0 Å². The fourth-order valence-corrected chi connectivity index (χ4v) is 2.45. The second-order valence-electron chi connectivity index (χ2n) is 4.62. The van der Waals surface area contributed by atoms with Crippen molar-refractivity contribution < 1.29 is 9.53 Å². The predicted molar refractivity (Wildman–Crippen MR) is 80.3 cm³/mol. The van der Waals surface area contributed by atoms with Crippen molar-refractivity contribution in [1.82, 2.24) is 15.1 Å². The standard InChI is InChI=1S/C14H18BrN3O2/c1-10(19)17-11-3-4-14(20-8-6-15)12(9-11)13-5-7-16-18(13)2/h3-5,7,12H,6,8-9H2,1-2H3,(H,17,19). The highest BCUT2D eigenvalue weighted by Crippen LogP contribution is 2.33. The van der Waals surface area contributed by atoms with Gasteiger partial charge in [0.15, 0.2) is 0 Å². The molecule has 1 heterocycles. The van der Waals surface area contributed by atoms with Gasteiger partial charge in [-0.05, 0) is 18.2 Å². The highest BCUT2D eigenvalue weighted by Gasteiger charge is 2.25. The van der Waals surface area contributed by atoms with Gasteiger partial charge in [0.1, 0.15) is 5.76 Å². The minimum absolute atomic E-state index is 0.0572. The van der Waals surface area contributed by atoms with Gasteiger partial charge in [-0.1, -0.05) is 15.9 Å². The van der Waals surface area contributed by atoms with Gasteiger partial charge in [0, 0.05) is 43.3 Å². The monoisotopic (exact) mass is 339 g/mol. The third-order valence-electron chi connectivity index (χ3n) is 3.11. The van der Waals surface area contributed by atoms with Crippen molar-refractivity contribution >= 4 is 21.8 Å². The first-order valence-corrected chi connectivity index (χ1v) is 7.59. The summed E-state index contributed by atoms with van der Waals surface area (Å²) in [6.45, 7) is 2.13. The number of nitrogens with zero attached hydrogens (tertiary/aromatic N) is 2. The van der Waals surface area contributed by atoms with Crippen LogP contribution in [0.5, 0.6) is 0 Å². The van der Waals surface area contributed by atoms with Crippen molar-refractivity contribution in [2.24, 2.45) is 7.05 Å². The quantitative estimate of drug-likeness (QED) is 0.837. The van der Waals surface area contributed by atoms with E-state index in [1.54, 1.807) is 6.20 Å². The van der Waals surface area contributed by atoms with E-state index in [9.17, 15) is 4.79 Å². The van der Waals surface area contributed by atoms with Crippen LogP contribution >= 0.6 is 15.9 Å². The van der Waals surface area contributed by atoms with Gasteiger partial charge in [0.25, 0.3) is 0 Å². The number of allylic oxidation sites excluding steroid dienone is 4. The number of hydrogen-bond donors (Lipinski definition) is 1. The fraction of sp³-hybridized carbons (Fsp3) is 0.429. The maximum Gasteiger partial charge on any atom is 0.220 e. The number of halogens is 1. The average Bonchev–Trinajstić information content (AvgIpc) is 2.82. The van der Waals surface area contributed by atoms with Gasteiger partial charge in [-0.2, -0.15) is 5.10 Å². The summed E-state index contributed by atoms with van der Waals surface area (Å²) in [5.74, 6) is 0.925. The summed E-state index contributed by atoms with van der Waals surface area (Å²) in [4.78, 5) is 11.2. The topological polar surface area (TPSA) is 56.1 Å². The zero-order valence-electron chi connectivity index (χ0n) is 11.6. The van der Waals surface area contributed by atoms with Gasteiger partial charge in [-0.15, -0.1) is 0 Å². The van der Waals surface area contributed by atoms with Crippen molar-refractivity contribution in [3.05, 3.63) is 41.6 Å². The number of carbonyl (C=O) groups is 1. The number of amides is 1. The van der Waals surface area contributed by atoms with Crippen LogP contribution in [0.4, 0.5) is 0 Å². The molecule has 20 heavy (non-hydrogen) atoms. The lowest BCUT2D eigenvalue weighted by Crippen LogP contribution is -2.24. The van der Waals surface area contributed by atoms with Gasteiger partial charge in [0.05, 0.1) is 12.5 Å². The molecular weight excluding hydrogens is 322 g/mol. The lowest BCUT2D eigenvalue weighted by molar-refractivity contribution is -0.118. The van der Waals surface area contributed by atoms with Gasteiger partial charge in [0.2, 0.25) is 5.91 Å². The number of aromatic nitrogens is 2. The van der Waals surface area contributed by atoms with Crippen LogP contribution < -0.4 is 5.32 Å². The molecular formula is C14H18BrN3O2. The highest BCUT2D eigenvalue weighted by molar-refractivity contribution is 9.09. The summed E-state index contributed by atoms with van der Waals surface area (Å²) >= 11 is 3.36. The van der Waals surface area contributed by atoms with Crippen LogP contribution in [-0.4, -0.2) is 27.6 Å². The molecule has 0 radical (unpaired) electrons. The molecule has 1 aromatic heterocycles. The largest absolute Gasteiger partial charge is 0.496 e. The van der Waals surface area contributed by atoms with Crippen molar-refractivity contribution in [1.29, 1.82) is 0 Å². The Balaban J connectivity index is 2.23. The van der Waals surface area contributed by atoms with Crippen LogP contribution in [0.1, 0.15) is 25.0 Å². The molecule has 2 rings (SSSR count). The summed E-state index contributed by atoms with van der Waals surface area (Å²) < 4.78 is 7.63. The predicted octanol–water partition coefficient (Wildman–Crippen LogP) is 2.22. The second-order valence-corrected chi connectivity index (χ2v) is 5.41. The third kappa shape index (κ3) is 3.50. The van der Waals surface area contributed by atoms with E-state index < -0.39 is 0 Å². The molecule has 6 heteroatoms. The summed E-state index contributed by atoms with van der Waals surface area (Å²) in [6.07, 6.45) is 6.30. The zero-order chi connectivity index (χ0) is 14.5. The molecule has 1 unspecified atom stereocenters. The molecule has 0 aliphatic heterocycles. The van der Waals surface area contributed by atoms with Gasteiger partial charge in [-0.25, -0.2) is 0 Å². The SMILES string of the molecule is CC(=O)NC1=CC=C(OCCBr)C(c2ccnn2C)C1. The molecule has 108 valence electrons. The number of alkyl halides is 1. The Morgan fingerprint density at radius 2 is 2.40 bits per heavy atom. The Morgan fingerprint density at radius 1 is 1.60 bits per heavy atom. The van der Waals surface area contributed by atoms with E-state index in [2.05, 4.69) is 26.3 Å². The van der Waals surface area contributed by atoms with E-state index in [1.807, 2.05) is 29.9 Å². The Morgan fingerprint density at radius 3 is 3.00 bits per heavy atom. The van der Waals surface area contributed by atoms with E-state index in [4.69, 9.17) is 4.74 Å². The molecule has 0 fully saturated rings. The molecule has 0 aromatic carbocycles. The Labute approximate surface area is 126 Å². The summed E-state index contributed by atoms with van der Waals surface area (Å²) in [6, 6.07) is 1.98. The number of ether oxygens (including phenoxy) is 1. The Kier molecular flexibility index (Phi) is 5.00. The van der Waals surface area contributed by atoms with E-state index >= 15 is 0 Å². The maximum absolute atomic E-state index is 11.2. The summed E-state index contributed by atoms with van der Waals surface area (Å²) in [5, 5.41) is 7.85. The molecule has 1 aliphatic carbocycles. The third-order valence-corrected chi connectivity index (χ3v) is 3.44. The van der Waals surface area contributed by atoms with Crippen LogP contribution in [-0.2, 0) is 16.6 Å². The molecule has 1 aromatic rings. The van der Waals surface area contributed by atoms with Crippen LogP contribution in [0.25, 0.3) is 0 Å². The number of rotatable bonds is 5. The minimum atomic E-state index is -0.0572. The zero-order valence-corrected chi connectivity index (χ0v) is 13.2. The van der Waals surface area contributed by atoms with Crippen LogP contribution in [0.3, 0.4) is 0 Å². The Hall–Kier alpha value is -1.56. The number of hydrogen-bond acceptors (Lipinski definition) is 3. The first-order chi connectivity index (χ1) is 9.61. The molecule has 0 spiro atoms. The van der Waals surface area contributed by atoms with E-state index in [0.717, 1.165) is 22.5 Å². The van der Waals surface area contributed by atoms with E-state index in [1.165, 1.54) is 6.92 Å². The molecule has 1 atom stereocenters. The average molecular weight is 340 g/mol. The molecule has 5 nitrogen and oxygen atoms in total. The van der Waals surface area contributed by atoms with Crippen LogP contribution in [0.15, 0.2) is 35.9 Å². The van der Waals surface area contributed by atoms with Gasteiger partial charge < -0.3 is 10.1 Å². The van der Waals surface area contributed by atoms with Crippen molar-refractivity contribution in [3.8, 4) is 0 Å². The summed E-state index contributed by atoms with van der Waals surface area (Å²) in [5.41, 5.74) is 1.97. The van der Waals surface area contributed by atoms with Crippen molar-refractivity contribution in [2.45, 2.75) is 19.3 Å². The van der Waals surface area contributed by atoms with Gasteiger partial charge in [-0.3, -0.25) is 9.48 Å². The fourth-order valence-electron chi connectivity index (χ4n) is 2.29. The molecule has 1 N–H and O–H groups in total. The van der Waals surface area contributed by atoms with Crippen molar-refractivity contribution in [2.75, 3.05) is 11.9 Å². The van der Waals surface area contributed by atoms with Gasteiger partial charge >= 0.3 is 0 Å². The van der Waals surface area contributed by atoms with E-state index in [0.29, 0.717) is 13.0 Å². The minimum Gasteiger partial charge on any atom is -0.496 e. The van der Waals surface area contributed by atoms with Crippen LogP contribution in [0.2, 0.25) is 0 Å². The molecule has 0 bridgehead atoms. The van der Waals surface area contributed by atoms with Crippen molar-refractivity contribution in [3.63, 3.8) is 0 Å². The Bertz CT molecular complexity index is 548. The molecule has 1 amide bonds. The molecule has 0 saturated carbocycles. The lowest BCUT2D eigenvalue weighted by Gasteiger charge is -2.25.